The van der Waals surface area contributed by atoms with Gasteiger partial charge in [-0.3, -0.25) is 4.79 Å². The SMILES string of the molecule is O=C(c1ccc(COc2ccc3ccccc3c2)o1)N(Cc1ccco1)Cc1ccco1. The quantitative estimate of drug-likeness (QED) is 0.302. The lowest BCUT2D eigenvalue weighted by Gasteiger charge is -2.19. The average molecular weight is 427 g/mol. The number of hydrogen-bond donors (Lipinski definition) is 0. The number of carbonyl (C=O) groups is 1. The normalized spacial score (nSPS) is 11.0. The van der Waals surface area contributed by atoms with Crippen molar-refractivity contribution in [3.05, 3.63) is 114 Å². The Labute approximate surface area is 184 Å². The van der Waals surface area contributed by atoms with Crippen molar-refractivity contribution in [1.82, 2.24) is 4.90 Å². The van der Waals surface area contributed by atoms with Crippen molar-refractivity contribution in [1.29, 1.82) is 0 Å². The average Bonchev–Trinajstić information content (AvgIpc) is 3.60. The minimum Gasteiger partial charge on any atom is -0.486 e. The van der Waals surface area contributed by atoms with Crippen LogP contribution in [-0.4, -0.2) is 10.8 Å². The summed E-state index contributed by atoms with van der Waals surface area (Å²) >= 11 is 0. The monoisotopic (exact) mass is 427 g/mol. The third-order valence-corrected chi connectivity index (χ3v) is 5.12. The van der Waals surface area contributed by atoms with Crippen molar-refractivity contribution in [2.24, 2.45) is 0 Å². The summed E-state index contributed by atoms with van der Waals surface area (Å²) in [6.45, 7) is 0.828. The molecule has 0 saturated heterocycles. The number of nitrogens with zero attached hydrogens (tertiary/aromatic N) is 1. The van der Waals surface area contributed by atoms with Gasteiger partial charge in [0.05, 0.1) is 25.6 Å². The zero-order chi connectivity index (χ0) is 21.8. The smallest absolute Gasteiger partial charge is 0.290 e. The van der Waals surface area contributed by atoms with Gasteiger partial charge in [0.1, 0.15) is 29.6 Å². The van der Waals surface area contributed by atoms with E-state index in [0.717, 1.165) is 16.5 Å². The Hall–Kier alpha value is -4.19. The van der Waals surface area contributed by atoms with Gasteiger partial charge in [-0.25, -0.2) is 0 Å². The van der Waals surface area contributed by atoms with Crippen LogP contribution in [0.5, 0.6) is 5.75 Å². The first-order chi connectivity index (χ1) is 15.7. The van der Waals surface area contributed by atoms with Crippen molar-refractivity contribution < 1.29 is 22.8 Å². The first kappa shape index (κ1) is 19.8. The van der Waals surface area contributed by atoms with Gasteiger partial charge in [-0.05, 0) is 59.3 Å². The highest BCUT2D eigenvalue weighted by Crippen LogP contribution is 2.22. The second-order valence-corrected chi connectivity index (χ2v) is 7.38. The number of rotatable bonds is 8. The number of carbonyl (C=O) groups excluding carboxylic acids is 1. The molecular weight excluding hydrogens is 406 g/mol. The molecule has 0 spiro atoms. The van der Waals surface area contributed by atoms with Crippen LogP contribution < -0.4 is 4.74 Å². The zero-order valence-corrected chi connectivity index (χ0v) is 17.3. The van der Waals surface area contributed by atoms with Gasteiger partial charge >= 0.3 is 0 Å². The van der Waals surface area contributed by atoms with Gasteiger partial charge in [0.15, 0.2) is 5.76 Å². The van der Waals surface area contributed by atoms with E-state index in [1.54, 1.807) is 41.7 Å². The van der Waals surface area contributed by atoms with Crippen LogP contribution in [0.25, 0.3) is 10.8 Å². The number of fused-ring (bicyclic) bond motifs is 1. The van der Waals surface area contributed by atoms with E-state index in [2.05, 4.69) is 6.07 Å². The number of ether oxygens (including phenoxy) is 1. The second-order valence-electron chi connectivity index (χ2n) is 7.38. The standard InChI is InChI=1S/C26H21NO5/c28-26(27(16-22-7-3-13-29-22)17-23-8-4-14-30-23)25-12-11-24(32-25)18-31-21-10-9-19-5-1-2-6-20(19)15-21/h1-15H,16-18H2. The lowest BCUT2D eigenvalue weighted by atomic mass is 10.1. The van der Waals surface area contributed by atoms with Crippen LogP contribution >= 0.6 is 0 Å². The fraction of sp³-hybridized carbons (Fsp3) is 0.115. The molecular formula is C26H21NO5. The molecule has 0 bridgehead atoms. The Morgan fingerprint density at radius 1 is 0.750 bits per heavy atom. The van der Waals surface area contributed by atoms with Crippen LogP contribution in [0.3, 0.4) is 0 Å². The number of amides is 1. The lowest BCUT2D eigenvalue weighted by Crippen LogP contribution is -2.29. The summed E-state index contributed by atoms with van der Waals surface area (Å²) < 4.78 is 22.5. The van der Waals surface area contributed by atoms with Crippen molar-refractivity contribution >= 4 is 16.7 Å². The first-order valence-electron chi connectivity index (χ1n) is 10.3. The molecule has 0 saturated carbocycles. The topological polar surface area (TPSA) is 69.0 Å². The van der Waals surface area contributed by atoms with Crippen LogP contribution in [0.2, 0.25) is 0 Å². The number of benzene rings is 2. The molecule has 0 atom stereocenters. The Morgan fingerprint density at radius 3 is 2.16 bits per heavy atom. The zero-order valence-electron chi connectivity index (χ0n) is 17.3. The van der Waals surface area contributed by atoms with Crippen LogP contribution in [0.15, 0.2) is 105 Å². The van der Waals surface area contributed by atoms with Gasteiger partial charge in [-0.2, -0.15) is 0 Å². The van der Waals surface area contributed by atoms with Crippen molar-refractivity contribution in [2.45, 2.75) is 19.7 Å². The molecule has 6 nitrogen and oxygen atoms in total. The Balaban J connectivity index is 1.28. The highest BCUT2D eigenvalue weighted by atomic mass is 16.5. The molecule has 160 valence electrons. The molecule has 5 aromatic rings. The van der Waals surface area contributed by atoms with E-state index in [1.165, 1.54) is 0 Å². The molecule has 1 amide bonds. The summed E-state index contributed by atoms with van der Waals surface area (Å²) in [7, 11) is 0. The Bertz CT molecular complexity index is 1270. The van der Waals surface area contributed by atoms with E-state index in [0.29, 0.717) is 30.4 Å². The summed E-state index contributed by atoms with van der Waals surface area (Å²) in [6.07, 6.45) is 3.17. The predicted molar refractivity (Wildman–Crippen MR) is 118 cm³/mol. The molecule has 3 heterocycles. The summed E-state index contributed by atoms with van der Waals surface area (Å²) in [5, 5.41) is 2.26. The van der Waals surface area contributed by atoms with Crippen molar-refractivity contribution in [2.75, 3.05) is 0 Å². The molecule has 2 aromatic carbocycles. The van der Waals surface area contributed by atoms with Gasteiger partial charge in [-0.15, -0.1) is 0 Å². The van der Waals surface area contributed by atoms with E-state index in [1.807, 2.05) is 48.5 Å². The third kappa shape index (κ3) is 4.44. The summed E-state index contributed by atoms with van der Waals surface area (Å²) in [5.74, 6) is 2.64. The van der Waals surface area contributed by atoms with Crippen LogP contribution in [-0.2, 0) is 19.7 Å². The molecule has 0 radical (unpaired) electrons. The van der Waals surface area contributed by atoms with Gasteiger partial charge in [0.25, 0.3) is 5.91 Å². The largest absolute Gasteiger partial charge is 0.486 e. The van der Waals surface area contributed by atoms with E-state index < -0.39 is 0 Å². The lowest BCUT2D eigenvalue weighted by molar-refractivity contribution is 0.0668. The van der Waals surface area contributed by atoms with Crippen LogP contribution in [0.4, 0.5) is 0 Å². The molecule has 3 aromatic heterocycles. The minimum absolute atomic E-state index is 0.224. The first-order valence-corrected chi connectivity index (χ1v) is 10.3. The molecule has 32 heavy (non-hydrogen) atoms. The fourth-order valence-electron chi connectivity index (χ4n) is 3.52. The molecule has 0 unspecified atom stereocenters. The van der Waals surface area contributed by atoms with Crippen LogP contribution in [0, 0.1) is 0 Å². The van der Waals surface area contributed by atoms with Gasteiger partial charge in [-0.1, -0.05) is 30.3 Å². The maximum absolute atomic E-state index is 13.1. The minimum atomic E-state index is -0.255. The van der Waals surface area contributed by atoms with E-state index in [-0.39, 0.29) is 18.3 Å². The summed E-state index contributed by atoms with van der Waals surface area (Å²) in [5.41, 5.74) is 0. The molecule has 0 fully saturated rings. The Morgan fingerprint density at radius 2 is 1.47 bits per heavy atom. The highest BCUT2D eigenvalue weighted by molar-refractivity contribution is 5.91. The molecule has 0 aliphatic heterocycles. The molecule has 0 aliphatic carbocycles. The third-order valence-electron chi connectivity index (χ3n) is 5.12. The molecule has 6 heteroatoms. The highest BCUT2D eigenvalue weighted by Gasteiger charge is 2.22. The molecule has 0 aliphatic rings. The van der Waals surface area contributed by atoms with Crippen molar-refractivity contribution in [3.8, 4) is 5.75 Å². The van der Waals surface area contributed by atoms with E-state index >= 15 is 0 Å². The van der Waals surface area contributed by atoms with E-state index in [9.17, 15) is 4.79 Å². The maximum atomic E-state index is 13.1. The predicted octanol–water partition coefficient (Wildman–Crippen LogP) is 6.04. The second kappa shape index (κ2) is 8.89. The summed E-state index contributed by atoms with van der Waals surface area (Å²) in [6, 6.07) is 24.7. The van der Waals surface area contributed by atoms with Crippen molar-refractivity contribution in [3.63, 3.8) is 0 Å². The van der Waals surface area contributed by atoms with Gasteiger partial charge in [0, 0.05) is 0 Å². The maximum Gasteiger partial charge on any atom is 0.290 e. The van der Waals surface area contributed by atoms with Gasteiger partial charge in [0.2, 0.25) is 0 Å². The Kier molecular flexibility index (Phi) is 5.49. The number of furan rings is 3. The fourth-order valence-corrected chi connectivity index (χ4v) is 3.52. The van der Waals surface area contributed by atoms with Crippen LogP contribution in [0.1, 0.15) is 27.8 Å². The molecule has 5 rings (SSSR count). The number of hydrogen-bond acceptors (Lipinski definition) is 5. The van der Waals surface area contributed by atoms with Gasteiger partial charge < -0.3 is 22.9 Å². The molecule has 0 N–H and O–H groups in total. The van der Waals surface area contributed by atoms with E-state index in [4.69, 9.17) is 18.0 Å². The summed E-state index contributed by atoms with van der Waals surface area (Å²) in [4.78, 5) is 14.8.